The lowest BCUT2D eigenvalue weighted by Crippen LogP contribution is -2.05. The van der Waals surface area contributed by atoms with Crippen molar-refractivity contribution in [1.82, 2.24) is 9.97 Å². The second-order valence-corrected chi connectivity index (χ2v) is 5.11. The predicted octanol–water partition coefficient (Wildman–Crippen LogP) is 3.27. The van der Waals surface area contributed by atoms with Gasteiger partial charge in [-0.05, 0) is 6.07 Å². The average molecular weight is 325 g/mol. The first kappa shape index (κ1) is 15.9. The van der Waals surface area contributed by atoms with Crippen LogP contribution in [0.15, 0.2) is 42.6 Å². The Bertz CT molecular complexity index is 827. The van der Waals surface area contributed by atoms with Crippen molar-refractivity contribution in [2.75, 3.05) is 26.6 Å². The Labute approximate surface area is 140 Å². The molecule has 0 aliphatic heterocycles. The second-order valence-electron chi connectivity index (χ2n) is 5.11. The van der Waals surface area contributed by atoms with Gasteiger partial charge in [0.15, 0.2) is 11.5 Å². The largest absolute Gasteiger partial charge is 0.493 e. The number of fused-ring (bicyclic) bond motifs is 1. The van der Waals surface area contributed by atoms with Crippen LogP contribution in [0.5, 0.6) is 17.2 Å². The van der Waals surface area contributed by atoms with Gasteiger partial charge in [0, 0.05) is 29.4 Å². The molecule has 6 nitrogen and oxygen atoms in total. The van der Waals surface area contributed by atoms with Crippen LogP contribution in [-0.2, 0) is 6.54 Å². The minimum Gasteiger partial charge on any atom is -0.493 e. The number of ether oxygens (including phenoxy) is 3. The van der Waals surface area contributed by atoms with Crippen molar-refractivity contribution in [2.24, 2.45) is 0 Å². The zero-order valence-electron chi connectivity index (χ0n) is 13.9. The van der Waals surface area contributed by atoms with E-state index in [9.17, 15) is 0 Å². The van der Waals surface area contributed by atoms with Gasteiger partial charge in [-0.2, -0.15) is 0 Å². The van der Waals surface area contributed by atoms with Gasteiger partial charge in [0.25, 0.3) is 0 Å². The lowest BCUT2D eigenvalue weighted by molar-refractivity contribution is 0.324. The molecule has 24 heavy (non-hydrogen) atoms. The zero-order chi connectivity index (χ0) is 16.9. The number of benzene rings is 2. The zero-order valence-corrected chi connectivity index (χ0v) is 13.9. The maximum absolute atomic E-state index is 5.35. The third-order valence-corrected chi connectivity index (χ3v) is 3.65. The first-order valence-corrected chi connectivity index (χ1v) is 7.49. The summed E-state index contributed by atoms with van der Waals surface area (Å²) in [5.74, 6) is 2.47. The summed E-state index contributed by atoms with van der Waals surface area (Å²) in [6.07, 6.45) is 1.83. The Morgan fingerprint density at radius 2 is 1.67 bits per heavy atom. The molecule has 6 heteroatoms. The summed E-state index contributed by atoms with van der Waals surface area (Å²) in [5.41, 5.74) is 1.76. The van der Waals surface area contributed by atoms with Gasteiger partial charge in [-0.15, -0.1) is 0 Å². The van der Waals surface area contributed by atoms with E-state index in [4.69, 9.17) is 14.2 Å². The Morgan fingerprint density at radius 3 is 2.33 bits per heavy atom. The van der Waals surface area contributed by atoms with Crippen molar-refractivity contribution in [1.29, 1.82) is 0 Å². The molecule has 0 saturated carbocycles. The maximum atomic E-state index is 5.35. The molecule has 0 atom stereocenters. The van der Waals surface area contributed by atoms with E-state index in [2.05, 4.69) is 15.3 Å². The highest BCUT2D eigenvalue weighted by Crippen LogP contribution is 2.39. The lowest BCUT2D eigenvalue weighted by Gasteiger charge is -2.15. The molecule has 2 aromatic carbocycles. The maximum Gasteiger partial charge on any atom is 0.203 e. The minimum atomic E-state index is 0.490. The molecule has 0 fully saturated rings. The Balaban J connectivity index is 1.82. The Morgan fingerprint density at radius 1 is 0.958 bits per heavy atom. The quantitative estimate of drug-likeness (QED) is 0.750. The third kappa shape index (κ3) is 3.17. The van der Waals surface area contributed by atoms with Gasteiger partial charge in [-0.3, -0.25) is 0 Å². The fourth-order valence-electron chi connectivity index (χ4n) is 2.46. The Hall–Kier alpha value is -3.02. The van der Waals surface area contributed by atoms with E-state index in [-0.39, 0.29) is 0 Å². The van der Waals surface area contributed by atoms with E-state index >= 15 is 0 Å². The number of para-hydroxylation sites is 1. The van der Waals surface area contributed by atoms with E-state index in [0.29, 0.717) is 29.6 Å². The van der Waals surface area contributed by atoms with Crippen molar-refractivity contribution >= 4 is 16.6 Å². The first-order valence-electron chi connectivity index (χ1n) is 7.49. The second kappa shape index (κ2) is 7.04. The number of methoxy groups -OCH3 is 3. The van der Waals surface area contributed by atoms with E-state index < -0.39 is 0 Å². The summed E-state index contributed by atoms with van der Waals surface area (Å²) in [6, 6.07) is 11.6. The van der Waals surface area contributed by atoms with Crippen LogP contribution in [0.25, 0.3) is 10.9 Å². The monoisotopic (exact) mass is 325 g/mol. The molecule has 124 valence electrons. The van der Waals surface area contributed by atoms with E-state index in [1.807, 2.05) is 42.6 Å². The molecule has 0 aliphatic carbocycles. The smallest absolute Gasteiger partial charge is 0.203 e. The van der Waals surface area contributed by atoms with E-state index in [1.165, 1.54) is 0 Å². The fourth-order valence-corrected chi connectivity index (χ4v) is 2.46. The number of rotatable bonds is 6. The molecule has 0 spiro atoms. The molecule has 3 rings (SSSR count). The molecule has 0 amide bonds. The molecular weight excluding hydrogens is 306 g/mol. The van der Waals surface area contributed by atoms with E-state index in [1.54, 1.807) is 21.3 Å². The number of nitrogens with zero attached hydrogens (tertiary/aromatic N) is 2. The van der Waals surface area contributed by atoms with Crippen molar-refractivity contribution in [2.45, 2.75) is 6.54 Å². The first-order chi connectivity index (χ1) is 11.7. The Kier molecular flexibility index (Phi) is 4.65. The van der Waals surface area contributed by atoms with Gasteiger partial charge in [0.05, 0.1) is 33.4 Å². The van der Waals surface area contributed by atoms with E-state index in [0.717, 1.165) is 16.6 Å². The van der Waals surface area contributed by atoms with Crippen molar-refractivity contribution in [3.63, 3.8) is 0 Å². The SMILES string of the molecule is COc1cc(NCc2ncc3ccccc3n2)cc(OC)c1OC. The van der Waals surface area contributed by atoms with Gasteiger partial charge >= 0.3 is 0 Å². The van der Waals surface area contributed by atoms with Crippen LogP contribution in [0.1, 0.15) is 5.82 Å². The highest BCUT2D eigenvalue weighted by Gasteiger charge is 2.13. The molecule has 3 aromatic rings. The molecule has 0 saturated heterocycles. The lowest BCUT2D eigenvalue weighted by atomic mass is 10.2. The third-order valence-electron chi connectivity index (χ3n) is 3.65. The summed E-state index contributed by atoms with van der Waals surface area (Å²) in [7, 11) is 4.76. The highest BCUT2D eigenvalue weighted by atomic mass is 16.5. The van der Waals surface area contributed by atoms with Crippen molar-refractivity contribution in [3.05, 3.63) is 48.4 Å². The van der Waals surface area contributed by atoms with Crippen LogP contribution in [0, 0.1) is 0 Å². The molecule has 1 aromatic heterocycles. The van der Waals surface area contributed by atoms with Gasteiger partial charge < -0.3 is 19.5 Å². The van der Waals surface area contributed by atoms with Crippen LogP contribution < -0.4 is 19.5 Å². The van der Waals surface area contributed by atoms with Crippen LogP contribution in [0.4, 0.5) is 5.69 Å². The summed E-state index contributed by atoms with van der Waals surface area (Å²) in [6.45, 7) is 0.490. The summed E-state index contributed by atoms with van der Waals surface area (Å²) >= 11 is 0. The van der Waals surface area contributed by atoms with Gasteiger partial charge in [-0.25, -0.2) is 9.97 Å². The number of anilines is 1. The summed E-state index contributed by atoms with van der Waals surface area (Å²) in [5, 5.41) is 4.31. The number of hydrogen-bond donors (Lipinski definition) is 1. The summed E-state index contributed by atoms with van der Waals surface area (Å²) in [4.78, 5) is 8.93. The van der Waals surface area contributed by atoms with Crippen LogP contribution in [0.2, 0.25) is 0 Å². The van der Waals surface area contributed by atoms with Crippen LogP contribution in [-0.4, -0.2) is 31.3 Å². The topological polar surface area (TPSA) is 65.5 Å². The van der Waals surface area contributed by atoms with Gasteiger partial charge in [0.1, 0.15) is 5.82 Å². The normalized spacial score (nSPS) is 10.5. The molecule has 0 bridgehead atoms. The van der Waals surface area contributed by atoms with Crippen LogP contribution >= 0.6 is 0 Å². The molecule has 1 N–H and O–H groups in total. The number of hydrogen-bond acceptors (Lipinski definition) is 6. The molecule has 0 aliphatic rings. The van der Waals surface area contributed by atoms with Crippen molar-refractivity contribution in [3.8, 4) is 17.2 Å². The van der Waals surface area contributed by atoms with Gasteiger partial charge in [-0.1, -0.05) is 18.2 Å². The van der Waals surface area contributed by atoms with Crippen molar-refractivity contribution < 1.29 is 14.2 Å². The molecule has 0 unspecified atom stereocenters. The molecular formula is C18H19N3O3. The van der Waals surface area contributed by atoms with Crippen LogP contribution in [0.3, 0.4) is 0 Å². The highest BCUT2D eigenvalue weighted by molar-refractivity contribution is 5.77. The predicted molar refractivity (Wildman–Crippen MR) is 93.0 cm³/mol. The number of aromatic nitrogens is 2. The molecule has 0 radical (unpaired) electrons. The molecule has 1 heterocycles. The van der Waals surface area contributed by atoms with Gasteiger partial charge in [0.2, 0.25) is 5.75 Å². The average Bonchev–Trinajstić information content (AvgIpc) is 2.65. The standard InChI is InChI=1S/C18H19N3O3/c1-22-15-8-13(9-16(23-2)18(15)24-3)19-11-17-20-10-12-6-4-5-7-14(12)21-17/h4-10,19H,11H2,1-3H3. The number of nitrogens with one attached hydrogen (secondary N) is 1. The fraction of sp³-hybridized carbons (Fsp3) is 0.222. The minimum absolute atomic E-state index is 0.490. The summed E-state index contributed by atoms with van der Waals surface area (Å²) < 4.78 is 16.0.